The summed E-state index contributed by atoms with van der Waals surface area (Å²) >= 11 is 6.22. The highest BCUT2D eigenvalue weighted by Gasteiger charge is 2.51. The maximum absolute atomic E-state index is 12.7. The summed E-state index contributed by atoms with van der Waals surface area (Å²) in [7, 11) is 1.76. The lowest BCUT2D eigenvalue weighted by Crippen LogP contribution is -2.45. The summed E-state index contributed by atoms with van der Waals surface area (Å²) in [4.78, 5) is 19.7. The number of ether oxygens (including phenoxy) is 2. The summed E-state index contributed by atoms with van der Waals surface area (Å²) in [6, 6.07) is 3.50. The lowest BCUT2D eigenvalue weighted by Gasteiger charge is -2.33. The van der Waals surface area contributed by atoms with Crippen LogP contribution < -0.4 is 20.9 Å². The Hall–Kier alpha value is -2.61. The average Bonchev–Trinajstić information content (AvgIpc) is 3.24. The molecular weight excluding hydrogens is 384 g/mol. The van der Waals surface area contributed by atoms with Gasteiger partial charge in [-0.2, -0.15) is 0 Å². The molecular formula is C19H23ClN4O4. The molecule has 150 valence electrons. The highest BCUT2D eigenvalue weighted by atomic mass is 35.5. The first-order chi connectivity index (χ1) is 13.4. The van der Waals surface area contributed by atoms with E-state index in [1.165, 1.54) is 0 Å². The summed E-state index contributed by atoms with van der Waals surface area (Å²) in [5, 5.41) is 4.37. The van der Waals surface area contributed by atoms with Crippen LogP contribution in [-0.4, -0.2) is 42.4 Å². The highest BCUT2D eigenvalue weighted by Crippen LogP contribution is 2.44. The minimum Gasteiger partial charge on any atom is -0.486 e. The van der Waals surface area contributed by atoms with Crippen LogP contribution in [0, 0.1) is 0 Å². The Balaban J connectivity index is 1.50. The molecule has 9 heteroatoms. The number of benzene rings is 1. The summed E-state index contributed by atoms with van der Waals surface area (Å²) in [6.45, 7) is 1.03. The van der Waals surface area contributed by atoms with Crippen LogP contribution in [0.3, 0.4) is 0 Å². The Labute approximate surface area is 168 Å². The van der Waals surface area contributed by atoms with Crippen molar-refractivity contribution in [1.29, 1.82) is 0 Å². The first-order valence-electron chi connectivity index (χ1n) is 9.26. The van der Waals surface area contributed by atoms with Gasteiger partial charge in [0, 0.05) is 7.05 Å². The number of amidine groups is 1. The molecule has 28 heavy (non-hydrogen) atoms. The van der Waals surface area contributed by atoms with E-state index >= 15 is 0 Å². The van der Waals surface area contributed by atoms with Crippen molar-refractivity contribution < 1.29 is 19.1 Å². The average molecular weight is 407 g/mol. The zero-order valence-electron chi connectivity index (χ0n) is 15.7. The monoisotopic (exact) mass is 406 g/mol. The molecule has 4 rings (SSSR count). The molecule has 0 aromatic heterocycles. The Morgan fingerprint density at radius 2 is 2.04 bits per heavy atom. The van der Waals surface area contributed by atoms with E-state index in [0.717, 1.165) is 31.2 Å². The number of nitrogens with zero attached hydrogens (tertiary/aromatic N) is 2. The van der Waals surface area contributed by atoms with E-state index < -0.39 is 5.54 Å². The summed E-state index contributed by atoms with van der Waals surface area (Å²) < 4.78 is 11.0. The number of hydrogen-bond donors (Lipinski definition) is 2. The molecule has 0 saturated heterocycles. The topological polar surface area (TPSA) is 112 Å². The molecule has 1 saturated carbocycles. The minimum absolute atomic E-state index is 0.0123. The highest BCUT2D eigenvalue weighted by molar-refractivity contribution is 6.32. The smallest absolute Gasteiger partial charge is 0.260 e. The Morgan fingerprint density at radius 1 is 1.32 bits per heavy atom. The van der Waals surface area contributed by atoms with Gasteiger partial charge in [-0.15, -0.1) is 0 Å². The third kappa shape index (κ3) is 2.92. The predicted octanol–water partition coefficient (Wildman–Crippen LogP) is 1.90. The molecule has 2 aliphatic heterocycles. The molecule has 1 aromatic carbocycles. The van der Waals surface area contributed by atoms with Gasteiger partial charge in [-0.25, -0.2) is 0 Å². The van der Waals surface area contributed by atoms with Crippen molar-refractivity contribution in [2.75, 3.05) is 20.3 Å². The number of likely N-dealkylation sites (N-methyl/N-ethyl adjacent to an activating group) is 1. The van der Waals surface area contributed by atoms with Gasteiger partial charge in [0.2, 0.25) is 0 Å². The maximum Gasteiger partial charge on any atom is 0.260 e. The second-order valence-electron chi connectivity index (χ2n) is 7.24. The van der Waals surface area contributed by atoms with E-state index in [9.17, 15) is 4.79 Å². The molecule has 1 amide bonds. The van der Waals surface area contributed by atoms with Crippen LogP contribution in [-0.2, 0) is 16.2 Å². The fourth-order valence-corrected chi connectivity index (χ4v) is 4.46. The number of halogens is 1. The molecule has 1 spiro atoms. The third-order valence-corrected chi connectivity index (χ3v) is 5.95. The van der Waals surface area contributed by atoms with Crippen LogP contribution >= 0.6 is 11.6 Å². The van der Waals surface area contributed by atoms with Crippen molar-refractivity contribution in [3.05, 3.63) is 34.0 Å². The zero-order chi connectivity index (χ0) is 19.9. The van der Waals surface area contributed by atoms with Gasteiger partial charge in [-0.05, 0) is 30.5 Å². The fourth-order valence-electron chi connectivity index (χ4n) is 4.17. The Morgan fingerprint density at radius 3 is 2.79 bits per heavy atom. The summed E-state index contributed by atoms with van der Waals surface area (Å²) in [6.07, 6.45) is 3.75. The molecule has 1 aromatic rings. The second kappa shape index (κ2) is 7.09. The second-order valence-corrected chi connectivity index (χ2v) is 7.65. The van der Waals surface area contributed by atoms with E-state index in [1.54, 1.807) is 24.1 Å². The van der Waals surface area contributed by atoms with Gasteiger partial charge in [0.1, 0.15) is 25.4 Å². The molecule has 2 heterocycles. The van der Waals surface area contributed by atoms with Crippen molar-refractivity contribution in [2.45, 2.75) is 37.8 Å². The number of amides is 1. The zero-order valence-corrected chi connectivity index (χ0v) is 16.4. The lowest BCUT2D eigenvalue weighted by atomic mass is 9.93. The summed E-state index contributed by atoms with van der Waals surface area (Å²) in [5.74, 6) is 0.865. The fraction of sp³-hybridized carbons (Fsp3) is 0.474. The number of carbonyl (C=O) groups is 1. The maximum atomic E-state index is 12.7. The molecule has 3 aliphatic rings. The van der Waals surface area contributed by atoms with Crippen molar-refractivity contribution in [1.82, 2.24) is 4.90 Å². The van der Waals surface area contributed by atoms with E-state index in [2.05, 4.69) is 5.16 Å². The number of oxime groups is 1. The van der Waals surface area contributed by atoms with Crippen molar-refractivity contribution in [3.63, 3.8) is 0 Å². The first kappa shape index (κ1) is 18.7. The number of nitrogens with two attached hydrogens (primary N) is 2. The van der Waals surface area contributed by atoms with Gasteiger partial charge in [-0.3, -0.25) is 4.79 Å². The SMILES string of the molecule is CN1C(=O)C(/C(N)=N/OCc2cc(Cl)c3c(c2)OCCO3)=C(N)C12CCCC2. The Kier molecular flexibility index (Phi) is 4.74. The van der Waals surface area contributed by atoms with Gasteiger partial charge >= 0.3 is 0 Å². The first-order valence-corrected chi connectivity index (χ1v) is 9.64. The summed E-state index contributed by atoms with van der Waals surface area (Å²) in [5.41, 5.74) is 13.4. The van der Waals surface area contributed by atoms with Crippen LogP contribution in [0.25, 0.3) is 0 Å². The van der Waals surface area contributed by atoms with Crippen LogP contribution in [0.2, 0.25) is 5.02 Å². The number of fused-ring (bicyclic) bond motifs is 1. The Bertz CT molecular complexity index is 877. The number of hydrogen-bond acceptors (Lipinski definition) is 6. The van der Waals surface area contributed by atoms with Crippen LogP contribution in [0.1, 0.15) is 31.2 Å². The molecule has 0 unspecified atom stereocenters. The number of rotatable bonds is 4. The van der Waals surface area contributed by atoms with Crippen LogP contribution in [0.5, 0.6) is 11.5 Å². The van der Waals surface area contributed by atoms with Gasteiger partial charge in [-0.1, -0.05) is 29.6 Å². The van der Waals surface area contributed by atoms with Crippen LogP contribution in [0.15, 0.2) is 28.6 Å². The molecule has 0 bridgehead atoms. The predicted molar refractivity (Wildman–Crippen MR) is 104 cm³/mol. The van der Waals surface area contributed by atoms with Crippen molar-refractivity contribution in [2.24, 2.45) is 16.6 Å². The van der Waals surface area contributed by atoms with Crippen molar-refractivity contribution in [3.8, 4) is 11.5 Å². The molecule has 1 fully saturated rings. The third-order valence-electron chi connectivity index (χ3n) is 5.67. The minimum atomic E-state index is -0.435. The normalized spacial score (nSPS) is 21.0. The largest absolute Gasteiger partial charge is 0.486 e. The molecule has 0 atom stereocenters. The van der Waals surface area contributed by atoms with Gasteiger partial charge in [0.05, 0.1) is 16.3 Å². The van der Waals surface area contributed by atoms with Gasteiger partial charge < -0.3 is 30.7 Å². The molecule has 0 radical (unpaired) electrons. The lowest BCUT2D eigenvalue weighted by molar-refractivity contribution is -0.127. The molecule has 8 nitrogen and oxygen atoms in total. The van der Waals surface area contributed by atoms with Gasteiger partial charge in [0.25, 0.3) is 5.91 Å². The quantitative estimate of drug-likeness (QED) is 0.448. The van der Waals surface area contributed by atoms with Crippen LogP contribution in [0.4, 0.5) is 0 Å². The molecule has 4 N–H and O–H groups in total. The number of carbonyl (C=O) groups excluding carboxylic acids is 1. The van der Waals surface area contributed by atoms with E-state index in [1.807, 2.05) is 0 Å². The van der Waals surface area contributed by atoms with E-state index in [-0.39, 0.29) is 23.9 Å². The standard InChI is InChI=1S/C19H23ClN4O4/c1-24-18(25)14(16(21)19(24)4-2-3-5-19)17(22)23-28-10-11-8-12(20)15-13(9-11)26-6-7-27-15/h8-9H,2-7,10,21H2,1H3,(H2,22,23). The van der Waals surface area contributed by atoms with Gasteiger partial charge in [0.15, 0.2) is 17.3 Å². The molecule has 1 aliphatic carbocycles. The van der Waals surface area contributed by atoms with E-state index in [4.69, 9.17) is 37.4 Å². The van der Waals surface area contributed by atoms with E-state index in [0.29, 0.717) is 35.4 Å². The van der Waals surface area contributed by atoms with Crippen molar-refractivity contribution >= 4 is 23.3 Å².